The van der Waals surface area contributed by atoms with Crippen LogP contribution in [0.15, 0.2) is 78.9 Å². The largest absolute Gasteiger partial charge is 0.489 e. The van der Waals surface area contributed by atoms with Gasteiger partial charge in [-0.2, -0.15) is 0 Å². The van der Waals surface area contributed by atoms with Gasteiger partial charge in [0.05, 0.1) is 0 Å². The van der Waals surface area contributed by atoms with E-state index in [1.165, 1.54) is 5.56 Å². The monoisotopic (exact) mass is 323 g/mol. The highest BCUT2D eigenvalue weighted by molar-refractivity contribution is 6.30. The molecule has 0 unspecified atom stereocenters. The van der Waals surface area contributed by atoms with Crippen LogP contribution in [0.2, 0.25) is 5.02 Å². The summed E-state index contributed by atoms with van der Waals surface area (Å²) in [4.78, 5) is 0. The quantitative estimate of drug-likeness (QED) is 0.644. The molecule has 0 heterocycles. The number of hydrogen-bond acceptors (Lipinski definition) is 2. The van der Waals surface area contributed by atoms with Crippen LogP contribution >= 0.6 is 11.6 Å². The number of anilines is 1. The van der Waals surface area contributed by atoms with E-state index in [-0.39, 0.29) is 0 Å². The zero-order valence-corrected chi connectivity index (χ0v) is 13.5. The third-order valence-electron chi connectivity index (χ3n) is 3.49. The summed E-state index contributed by atoms with van der Waals surface area (Å²) in [5, 5.41) is 4.14. The summed E-state index contributed by atoms with van der Waals surface area (Å²) in [5.74, 6) is 0.868. The molecule has 3 aromatic carbocycles. The minimum atomic E-state index is 0.534. The average molecular weight is 324 g/mol. The Kier molecular flexibility index (Phi) is 5.17. The lowest BCUT2D eigenvalue weighted by atomic mass is 10.2. The molecule has 1 N–H and O–H groups in total. The maximum Gasteiger partial charge on any atom is 0.120 e. The van der Waals surface area contributed by atoms with Gasteiger partial charge in [-0.15, -0.1) is 0 Å². The SMILES string of the molecule is Clc1ccc(COc2cccc(CNc3ccccc3)c2)cc1. The van der Waals surface area contributed by atoms with E-state index in [1.807, 2.05) is 54.6 Å². The van der Waals surface area contributed by atoms with Gasteiger partial charge in [0.25, 0.3) is 0 Å². The molecule has 2 nitrogen and oxygen atoms in total. The van der Waals surface area contributed by atoms with Crippen molar-refractivity contribution in [1.82, 2.24) is 0 Å². The van der Waals surface area contributed by atoms with Crippen LogP contribution in [0.4, 0.5) is 5.69 Å². The summed E-state index contributed by atoms with van der Waals surface area (Å²) in [7, 11) is 0. The van der Waals surface area contributed by atoms with Crippen LogP contribution in [0, 0.1) is 0 Å². The third kappa shape index (κ3) is 4.76. The van der Waals surface area contributed by atoms with Crippen LogP contribution in [0.25, 0.3) is 0 Å². The minimum absolute atomic E-state index is 0.534. The molecule has 23 heavy (non-hydrogen) atoms. The average Bonchev–Trinajstić information content (AvgIpc) is 2.61. The van der Waals surface area contributed by atoms with Crippen molar-refractivity contribution in [3.05, 3.63) is 95.0 Å². The van der Waals surface area contributed by atoms with Crippen LogP contribution < -0.4 is 10.1 Å². The summed E-state index contributed by atoms with van der Waals surface area (Å²) in [5.41, 5.74) is 3.39. The molecule has 0 fully saturated rings. The fourth-order valence-electron chi connectivity index (χ4n) is 2.25. The fourth-order valence-corrected chi connectivity index (χ4v) is 2.38. The van der Waals surface area contributed by atoms with E-state index in [2.05, 4.69) is 29.6 Å². The first-order valence-corrected chi connectivity index (χ1v) is 7.92. The van der Waals surface area contributed by atoms with Crippen molar-refractivity contribution in [2.75, 3.05) is 5.32 Å². The number of rotatable bonds is 6. The Morgan fingerprint density at radius 3 is 2.35 bits per heavy atom. The Morgan fingerprint density at radius 1 is 0.783 bits per heavy atom. The molecule has 0 saturated heterocycles. The highest BCUT2D eigenvalue weighted by atomic mass is 35.5. The third-order valence-corrected chi connectivity index (χ3v) is 3.74. The highest BCUT2D eigenvalue weighted by Crippen LogP contribution is 2.17. The smallest absolute Gasteiger partial charge is 0.120 e. The number of ether oxygens (including phenoxy) is 1. The summed E-state index contributed by atoms with van der Waals surface area (Å²) in [6.07, 6.45) is 0. The Balaban J connectivity index is 1.57. The van der Waals surface area contributed by atoms with Crippen molar-refractivity contribution < 1.29 is 4.74 Å². The van der Waals surface area contributed by atoms with Crippen molar-refractivity contribution in [2.24, 2.45) is 0 Å². The molecule has 0 aromatic heterocycles. The first-order valence-electron chi connectivity index (χ1n) is 7.55. The Hall–Kier alpha value is -2.45. The van der Waals surface area contributed by atoms with Gasteiger partial charge >= 0.3 is 0 Å². The lowest BCUT2D eigenvalue weighted by molar-refractivity contribution is 0.306. The molecule has 0 bridgehead atoms. The molecule has 0 amide bonds. The molecule has 0 saturated carbocycles. The second-order valence-electron chi connectivity index (χ2n) is 5.28. The van der Waals surface area contributed by atoms with Gasteiger partial charge in [0, 0.05) is 17.3 Å². The van der Waals surface area contributed by atoms with Crippen molar-refractivity contribution in [1.29, 1.82) is 0 Å². The molecular weight excluding hydrogens is 306 g/mol. The Labute approximate surface area is 141 Å². The van der Waals surface area contributed by atoms with Gasteiger partial charge in [-0.25, -0.2) is 0 Å². The maximum absolute atomic E-state index is 5.89. The first kappa shape index (κ1) is 15.4. The molecule has 0 radical (unpaired) electrons. The summed E-state index contributed by atoms with van der Waals surface area (Å²) >= 11 is 5.89. The number of para-hydroxylation sites is 1. The number of nitrogens with one attached hydrogen (secondary N) is 1. The van der Waals surface area contributed by atoms with E-state index in [0.717, 1.165) is 28.6 Å². The van der Waals surface area contributed by atoms with Gasteiger partial charge in [0.1, 0.15) is 12.4 Å². The van der Waals surface area contributed by atoms with E-state index in [0.29, 0.717) is 6.61 Å². The lowest BCUT2D eigenvalue weighted by Crippen LogP contribution is -2.00. The van der Waals surface area contributed by atoms with Crippen molar-refractivity contribution >= 4 is 17.3 Å². The van der Waals surface area contributed by atoms with E-state index >= 15 is 0 Å². The molecule has 3 rings (SSSR count). The number of benzene rings is 3. The van der Waals surface area contributed by atoms with Crippen LogP contribution in [0.5, 0.6) is 5.75 Å². The van der Waals surface area contributed by atoms with Gasteiger partial charge in [0.15, 0.2) is 0 Å². The molecule has 0 atom stereocenters. The summed E-state index contributed by atoms with van der Waals surface area (Å²) in [6.45, 7) is 1.30. The van der Waals surface area contributed by atoms with Gasteiger partial charge < -0.3 is 10.1 Å². The lowest BCUT2D eigenvalue weighted by Gasteiger charge is -2.10. The minimum Gasteiger partial charge on any atom is -0.489 e. The summed E-state index contributed by atoms with van der Waals surface area (Å²) in [6, 6.07) is 26.0. The van der Waals surface area contributed by atoms with E-state index in [4.69, 9.17) is 16.3 Å². The number of hydrogen-bond donors (Lipinski definition) is 1. The second-order valence-corrected chi connectivity index (χ2v) is 5.72. The van der Waals surface area contributed by atoms with E-state index in [1.54, 1.807) is 0 Å². The van der Waals surface area contributed by atoms with Crippen molar-refractivity contribution in [3.8, 4) is 5.75 Å². The zero-order chi connectivity index (χ0) is 15.9. The molecule has 116 valence electrons. The topological polar surface area (TPSA) is 21.3 Å². The standard InChI is InChI=1S/C20H18ClNO/c21-18-11-9-16(10-12-18)15-23-20-8-4-5-17(13-20)14-22-19-6-2-1-3-7-19/h1-13,22H,14-15H2. The predicted octanol–water partition coefficient (Wildman–Crippen LogP) is 5.53. The Morgan fingerprint density at radius 2 is 1.57 bits per heavy atom. The second kappa shape index (κ2) is 7.70. The zero-order valence-electron chi connectivity index (χ0n) is 12.7. The predicted molar refractivity (Wildman–Crippen MR) is 96.0 cm³/mol. The molecule has 3 heteroatoms. The van der Waals surface area contributed by atoms with Gasteiger partial charge in [-0.05, 0) is 47.5 Å². The van der Waals surface area contributed by atoms with Crippen LogP contribution in [0.1, 0.15) is 11.1 Å². The van der Waals surface area contributed by atoms with E-state index < -0.39 is 0 Å². The molecule has 0 spiro atoms. The van der Waals surface area contributed by atoms with Crippen LogP contribution in [0.3, 0.4) is 0 Å². The van der Waals surface area contributed by atoms with Crippen molar-refractivity contribution in [2.45, 2.75) is 13.2 Å². The van der Waals surface area contributed by atoms with Gasteiger partial charge in [0.2, 0.25) is 0 Å². The maximum atomic E-state index is 5.89. The Bertz CT molecular complexity index is 741. The van der Waals surface area contributed by atoms with E-state index in [9.17, 15) is 0 Å². The molecule has 0 aliphatic carbocycles. The first-order chi connectivity index (χ1) is 11.3. The molecule has 0 aliphatic rings. The summed E-state index contributed by atoms with van der Waals surface area (Å²) < 4.78 is 5.85. The van der Waals surface area contributed by atoms with Crippen molar-refractivity contribution in [3.63, 3.8) is 0 Å². The van der Waals surface area contributed by atoms with Gasteiger partial charge in [-0.3, -0.25) is 0 Å². The molecule has 0 aliphatic heterocycles. The van der Waals surface area contributed by atoms with Crippen LogP contribution in [-0.4, -0.2) is 0 Å². The fraction of sp³-hybridized carbons (Fsp3) is 0.100. The number of halogens is 1. The molecular formula is C20H18ClNO. The van der Waals surface area contributed by atoms with Crippen LogP contribution in [-0.2, 0) is 13.2 Å². The van der Waals surface area contributed by atoms with Gasteiger partial charge in [-0.1, -0.05) is 54.1 Å². The highest BCUT2D eigenvalue weighted by Gasteiger charge is 1.99. The molecule has 3 aromatic rings. The normalized spacial score (nSPS) is 10.3.